The molecule has 0 fully saturated rings. The maximum atomic E-state index is 10.9. The fourth-order valence-corrected chi connectivity index (χ4v) is 7.66. The van der Waals surface area contributed by atoms with E-state index in [0.29, 0.717) is 11.1 Å². The fourth-order valence-electron chi connectivity index (χ4n) is 7.66. The third-order valence-corrected chi connectivity index (χ3v) is 9.59. The molecule has 0 saturated carbocycles. The Bertz CT molecular complexity index is 2650. The largest absolute Gasteiger partial charge is 0.497 e. The normalized spacial score (nSPS) is 11.7. The summed E-state index contributed by atoms with van der Waals surface area (Å²) in [6.07, 6.45) is 0. The molecule has 0 saturated heterocycles. The second kappa shape index (κ2) is 9.57. The van der Waals surface area contributed by atoms with Crippen LogP contribution in [0.1, 0.15) is 16.7 Å². The fraction of sp³-hybridized carbons (Fsp3) is 0.0476. The van der Waals surface area contributed by atoms with Crippen molar-refractivity contribution in [1.29, 1.82) is 10.5 Å². The number of methoxy groups -OCH3 is 1. The Labute approximate surface area is 265 Å². The van der Waals surface area contributed by atoms with Gasteiger partial charge in [-0.3, -0.25) is 0 Å². The Hall–Kier alpha value is -6.36. The number of hydrogen-bond acceptors (Lipinski definition) is 4. The zero-order valence-corrected chi connectivity index (χ0v) is 25.2. The van der Waals surface area contributed by atoms with Crippen LogP contribution in [0.25, 0.3) is 64.6 Å². The molecule has 0 aliphatic carbocycles. The molecule has 4 heteroatoms. The van der Waals surface area contributed by atoms with Crippen LogP contribution in [0.15, 0.2) is 115 Å². The molecule has 0 amide bonds. The first-order chi connectivity index (χ1) is 22.6. The molecule has 0 aliphatic heterocycles. The lowest BCUT2D eigenvalue weighted by molar-refractivity contribution is 0.415. The number of hydrogen-bond donors (Lipinski definition) is 0. The summed E-state index contributed by atoms with van der Waals surface area (Å²) in [4.78, 5) is 2.26. The molecule has 0 unspecified atom stereocenters. The minimum absolute atomic E-state index is 0.628. The molecule has 46 heavy (non-hydrogen) atoms. The minimum Gasteiger partial charge on any atom is -0.497 e. The van der Waals surface area contributed by atoms with Crippen molar-refractivity contribution in [3.63, 3.8) is 0 Å². The summed E-state index contributed by atoms with van der Waals surface area (Å²) in [5.41, 5.74) is 5.49. The summed E-state index contributed by atoms with van der Waals surface area (Å²) in [5.74, 6) is 0.793. The van der Waals surface area contributed by atoms with Crippen molar-refractivity contribution in [2.75, 3.05) is 12.0 Å². The van der Waals surface area contributed by atoms with Crippen LogP contribution in [0.4, 0.5) is 17.1 Å². The van der Waals surface area contributed by atoms with Crippen LogP contribution >= 0.6 is 0 Å². The zero-order valence-electron chi connectivity index (χ0n) is 25.2. The van der Waals surface area contributed by atoms with Gasteiger partial charge in [-0.15, -0.1) is 0 Å². The van der Waals surface area contributed by atoms with Crippen LogP contribution < -0.4 is 9.64 Å². The summed E-state index contributed by atoms with van der Waals surface area (Å²) in [5, 5.41) is 33.5. The Kier molecular flexibility index (Phi) is 5.42. The second-order valence-electron chi connectivity index (χ2n) is 11.9. The predicted molar refractivity (Wildman–Crippen MR) is 189 cm³/mol. The molecule has 9 aromatic rings. The number of fused-ring (bicyclic) bond motifs is 6. The summed E-state index contributed by atoms with van der Waals surface area (Å²) in [6.45, 7) is 2.09. The van der Waals surface area contributed by atoms with Crippen LogP contribution in [-0.4, -0.2) is 7.11 Å². The van der Waals surface area contributed by atoms with Crippen LogP contribution in [0, 0.1) is 29.6 Å². The van der Waals surface area contributed by atoms with Gasteiger partial charge in [-0.05, 0) is 87.1 Å². The van der Waals surface area contributed by atoms with E-state index >= 15 is 0 Å². The highest BCUT2D eigenvalue weighted by molar-refractivity contribution is 6.41. The van der Waals surface area contributed by atoms with Gasteiger partial charge in [-0.2, -0.15) is 10.5 Å². The Morgan fingerprint density at radius 3 is 1.52 bits per heavy atom. The maximum Gasteiger partial charge on any atom is 0.119 e. The maximum absolute atomic E-state index is 10.9. The highest BCUT2D eigenvalue weighted by Gasteiger charge is 2.27. The molecule has 214 valence electrons. The molecule has 0 aliphatic rings. The van der Waals surface area contributed by atoms with E-state index in [-0.39, 0.29) is 0 Å². The van der Waals surface area contributed by atoms with E-state index in [1.165, 1.54) is 5.56 Å². The third-order valence-electron chi connectivity index (χ3n) is 9.59. The molecular weight excluding hydrogens is 562 g/mol. The molecule has 9 aromatic carbocycles. The van der Waals surface area contributed by atoms with Gasteiger partial charge in [-0.25, -0.2) is 0 Å². The average molecular weight is 588 g/mol. The van der Waals surface area contributed by atoms with Crippen molar-refractivity contribution in [3.05, 3.63) is 132 Å². The first-order valence-electron chi connectivity index (χ1n) is 15.3. The van der Waals surface area contributed by atoms with Crippen LogP contribution in [-0.2, 0) is 0 Å². The number of anilines is 3. The Balaban J connectivity index is 1.44. The predicted octanol–water partition coefficient (Wildman–Crippen LogP) is 11.0. The number of ether oxygens (including phenoxy) is 1. The average Bonchev–Trinajstić information content (AvgIpc) is 3.62. The zero-order chi connectivity index (χ0) is 31.1. The van der Waals surface area contributed by atoms with E-state index in [9.17, 15) is 10.5 Å². The van der Waals surface area contributed by atoms with E-state index in [0.717, 1.165) is 87.4 Å². The van der Waals surface area contributed by atoms with Crippen molar-refractivity contribution in [3.8, 4) is 17.9 Å². The third kappa shape index (κ3) is 3.36. The minimum atomic E-state index is 0.628. The number of benzene rings is 7. The van der Waals surface area contributed by atoms with Gasteiger partial charge >= 0.3 is 0 Å². The number of nitriles is 2. The second-order valence-corrected chi connectivity index (χ2v) is 11.9. The lowest BCUT2D eigenvalue weighted by atomic mass is 9.94. The molecule has 0 bridgehead atoms. The lowest BCUT2D eigenvalue weighted by Gasteiger charge is -2.27. The van der Waals surface area contributed by atoms with E-state index in [2.05, 4.69) is 115 Å². The number of aryl methyl sites for hydroxylation is 1. The van der Waals surface area contributed by atoms with Crippen LogP contribution in [0.3, 0.4) is 0 Å². The van der Waals surface area contributed by atoms with Gasteiger partial charge in [0.2, 0.25) is 0 Å². The van der Waals surface area contributed by atoms with E-state index < -0.39 is 0 Å². The Morgan fingerprint density at radius 2 is 0.978 bits per heavy atom. The smallest absolute Gasteiger partial charge is 0.119 e. The van der Waals surface area contributed by atoms with Gasteiger partial charge in [0.25, 0.3) is 0 Å². The molecule has 0 heterocycles. The van der Waals surface area contributed by atoms with Crippen molar-refractivity contribution in [2.24, 2.45) is 0 Å². The quantitative estimate of drug-likeness (QED) is 0.205. The lowest BCUT2D eigenvalue weighted by Crippen LogP contribution is -2.10. The van der Waals surface area contributed by atoms with E-state index in [1.807, 2.05) is 24.3 Å². The summed E-state index contributed by atoms with van der Waals surface area (Å²) in [7, 11) is 1.67. The number of rotatable bonds is 4. The van der Waals surface area contributed by atoms with Gasteiger partial charge in [0.05, 0.1) is 23.9 Å². The highest BCUT2D eigenvalue weighted by atomic mass is 16.5. The standard InChI is InChI=1S/C42H25N3O/c1-24-12-14-26(15-13-24)45(27-16-18-28(46-2)19-17-27)36-21-20-33-38-29(36)8-5-11-32(38)41-34(22-43)39-30-9-3-6-25-7-4-10-31(37(25)30)40(39)35(23-44)42(33)41/h3-21H,1-2H3. The highest BCUT2D eigenvalue weighted by Crippen LogP contribution is 2.51. The molecule has 4 nitrogen and oxygen atoms in total. The first kappa shape index (κ1) is 26.1. The van der Waals surface area contributed by atoms with Gasteiger partial charge in [0.1, 0.15) is 17.9 Å². The SMILES string of the molecule is COc1ccc(N(c2ccc(C)cc2)c2ccc3c4c(C#N)c5c6cccc7cccc(c5c(C#N)c4c4cccc2c43)c76)cc1. The molecule has 0 spiro atoms. The van der Waals surface area contributed by atoms with E-state index in [1.54, 1.807) is 7.11 Å². The topological polar surface area (TPSA) is 60.0 Å². The van der Waals surface area contributed by atoms with Crippen molar-refractivity contribution >= 4 is 81.7 Å². The molecule has 9 rings (SSSR count). The van der Waals surface area contributed by atoms with Crippen LogP contribution in [0.2, 0.25) is 0 Å². The Morgan fingerprint density at radius 1 is 0.500 bits per heavy atom. The molecule has 0 aromatic heterocycles. The molecular formula is C42H25N3O. The van der Waals surface area contributed by atoms with Crippen LogP contribution in [0.5, 0.6) is 5.75 Å². The van der Waals surface area contributed by atoms with E-state index in [4.69, 9.17) is 4.74 Å². The monoisotopic (exact) mass is 587 g/mol. The molecule has 0 radical (unpaired) electrons. The van der Waals surface area contributed by atoms with Gasteiger partial charge in [0, 0.05) is 38.3 Å². The molecule has 0 atom stereocenters. The van der Waals surface area contributed by atoms with Gasteiger partial charge in [-0.1, -0.05) is 78.4 Å². The van der Waals surface area contributed by atoms with Crippen molar-refractivity contribution in [1.82, 2.24) is 0 Å². The summed E-state index contributed by atoms with van der Waals surface area (Å²) in [6, 6.07) is 44.9. The molecule has 0 N–H and O–H groups in total. The number of nitrogens with zero attached hydrogens (tertiary/aromatic N) is 3. The first-order valence-corrected chi connectivity index (χ1v) is 15.3. The summed E-state index contributed by atoms with van der Waals surface area (Å²) >= 11 is 0. The van der Waals surface area contributed by atoms with Crippen molar-refractivity contribution < 1.29 is 4.74 Å². The van der Waals surface area contributed by atoms with Crippen molar-refractivity contribution in [2.45, 2.75) is 6.92 Å². The van der Waals surface area contributed by atoms with Gasteiger partial charge in [0.15, 0.2) is 0 Å². The summed E-state index contributed by atoms with van der Waals surface area (Å²) < 4.78 is 5.47. The van der Waals surface area contributed by atoms with Gasteiger partial charge < -0.3 is 9.64 Å².